The SMILES string of the molecule is C\C=C/C(=C\C=C\SNC=O)C(F)(F)F.Cc1cn(-c2ccc(Cl)cc2)c(-c2ccccc2Cl)n1. The van der Waals surface area contributed by atoms with Gasteiger partial charge in [-0.2, -0.15) is 13.2 Å². The lowest BCUT2D eigenvalue weighted by atomic mass is 10.2. The quantitative estimate of drug-likeness (QED) is 0.143. The van der Waals surface area contributed by atoms with E-state index >= 15 is 0 Å². The van der Waals surface area contributed by atoms with Crippen molar-refractivity contribution < 1.29 is 18.0 Å². The van der Waals surface area contributed by atoms with Crippen LogP contribution >= 0.6 is 35.1 Å². The van der Waals surface area contributed by atoms with Crippen molar-refractivity contribution >= 4 is 41.6 Å². The van der Waals surface area contributed by atoms with Crippen LogP contribution < -0.4 is 4.72 Å². The molecule has 0 aliphatic carbocycles. The maximum absolute atomic E-state index is 12.3. The zero-order valence-electron chi connectivity index (χ0n) is 18.8. The Bertz CT molecular complexity index is 1200. The normalized spacial score (nSPS) is 12.0. The van der Waals surface area contributed by atoms with Crippen LogP contribution in [-0.4, -0.2) is 22.1 Å². The van der Waals surface area contributed by atoms with Gasteiger partial charge in [0.15, 0.2) is 0 Å². The summed E-state index contributed by atoms with van der Waals surface area (Å²) in [5, 5.41) is 2.74. The van der Waals surface area contributed by atoms with Crippen LogP contribution in [0.25, 0.3) is 17.1 Å². The fraction of sp³-hybridized carbons (Fsp3) is 0.120. The molecule has 0 unspecified atom stereocenters. The zero-order chi connectivity index (χ0) is 25.8. The average molecular weight is 540 g/mol. The highest BCUT2D eigenvalue weighted by Gasteiger charge is 2.30. The molecule has 3 rings (SSSR count). The number of aromatic nitrogens is 2. The molecule has 1 N–H and O–H groups in total. The van der Waals surface area contributed by atoms with Gasteiger partial charge in [-0.1, -0.05) is 53.6 Å². The number of allylic oxidation sites excluding steroid dienone is 5. The second kappa shape index (κ2) is 13.8. The van der Waals surface area contributed by atoms with Gasteiger partial charge >= 0.3 is 6.18 Å². The minimum absolute atomic E-state index is 0.440. The van der Waals surface area contributed by atoms with E-state index in [1.165, 1.54) is 24.5 Å². The molecule has 0 saturated carbocycles. The number of hydrogen-bond acceptors (Lipinski definition) is 3. The highest BCUT2D eigenvalue weighted by atomic mass is 35.5. The third-order valence-corrected chi connectivity index (χ3v) is 5.37. The van der Waals surface area contributed by atoms with Crippen LogP contribution in [0.3, 0.4) is 0 Å². The highest BCUT2D eigenvalue weighted by molar-refractivity contribution is 8.00. The molecule has 0 atom stereocenters. The lowest BCUT2D eigenvalue weighted by molar-refractivity contribution is -0.107. The van der Waals surface area contributed by atoms with E-state index in [0.717, 1.165) is 46.9 Å². The van der Waals surface area contributed by atoms with Crippen molar-refractivity contribution in [3.05, 3.63) is 106 Å². The predicted octanol–water partition coefficient (Wildman–Crippen LogP) is 8.11. The number of alkyl halides is 3. The van der Waals surface area contributed by atoms with Crippen molar-refractivity contribution in [2.24, 2.45) is 0 Å². The Morgan fingerprint density at radius 3 is 2.40 bits per heavy atom. The van der Waals surface area contributed by atoms with E-state index in [1.54, 1.807) is 0 Å². The number of benzene rings is 2. The molecular weight excluding hydrogens is 518 g/mol. The van der Waals surface area contributed by atoms with Crippen LogP contribution in [0.4, 0.5) is 13.2 Å². The zero-order valence-corrected chi connectivity index (χ0v) is 21.1. The summed E-state index contributed by atoms with van der Waals surface area (Å²) in [4.78, 5) is 14.4. The molecule has 0 saturated heterocycles. The molecule has 0 aliphatic heterocycles. The summed E-state index contributed by atoms with van der Waals surface area (Å²) in [5.74, 6) is 0.829. The van der Waals surface area contributed by atoms with Crippen molar-refractivity contribution in [3.8, 4) is 17.1 Å². The topological polar surface area (TPSA) is 46.9 Å². The Balaban J connectivity index is 0.000000260. The molecule has 1 amide bonds. The monoisotopic (exact) mass is 539 g/mol. The number of carbonyl (C=O) groups excluding carboxylic acids is 1. The third kappa shape index (κ3) is 8.98. The molecule has 0 spiro atoms. The van der Waals surface area contributed by atoms with Gasteiger partial charge in [0.25, 0.3) is 0 Å². The van der Waals surface area contributed by atoms with Crippen molar-refractivity contribution in [3.63, 3.8) is 0 Å². The number of nitrogens with zero attached hydrogens (tertiary/aromatic N) is 2. The van der Waals surface area contributed by atoms with Crippen LogP contribution in [0.15, 0.2) is 90.0 Å². The second-order valence-corrected chi connectivity index (χ2v) is 8.42. The molecule has 1 aromatic heterocycles. The lowest BCUT2D eigenvalue weighted by Crippen LogP contribution is -2.09. The largest absolute Gasteiger partial charge is 0.416 e. The van der Waals surface area contributed by atoms with Crippen LogP contribution in [0.2, 0.25) is 10.0 Å². The molecule has 4 nitrogen and oxygen atoms in total. The predicted molar refractivity (Wildman–Crippen MR) is 139 cm³/mol. The van der Waals surface area contributed by atoms with Gasteiger partial charge in [-0.05, 0) is 73.7 Å². The summed E-state index contributed by atoms with van der Waals surface area (Å²) in [6.45, 7) is 3.47. The number of aryl methyl sites for hydroxylation is 1. The smallest absolute Gasteiger partial charge is 0.299 e. The van der Waals surface area contributed by atoms with Crippen molar-refractivity contribution in [1.29, 1.82) is 0 Å². The minimum Gasteiger partial charge on any atom is -0.299 e. The number of hydrogen-bond donors (Lipinski definition) is 1. The molecule has 3 aromatic rings. The number of halogens is 5. The first kappa shape index (κ1) is 28.3. The highest BCUT2D eigenvalue weighted by Crippen LogP contribution is 2.29. The van der Waals surface area contributed by atoms with E-state index in [-0.39, 0.29) is 0 Å². The first-order chi connectivity index (χ1) is 16.7. The number of rotatable bonds is 7. The molecule has 35 heavy (non-hydrogen) atoms. The van der Waals surface area contributed by atoms with Gasteiger partial charge in [-0.15, -0.1) is 0 Å². The Morgan fingerprint density at radius 2 is 1.80 bits per heavy atom. The van der Waals surface area contributed by atoms with Crippen LogP contribution in [0.1, 0.15) is 12.6 Å². The van der Waals surface area contributed by atoms with Crippen LogP contribution in [0.5, 0.6) is 0 Å². The molecule has 1 heterocycles. The number of imidazole rings is 1. The number of nitrogens with one attached hydrogen (secondary N) is 1. The van der Waals surface area contributed by atoms with E-state index < -0.39 is 11.7 Å². The molecular formula is C25H22Cl2F3N3OS. The van der Waals surface area contributed by atoms with Gasteiger partial charge in [-0.3, -0.25) is 14.1 Å². The van der Waals surface area contributed by atoms with E-state index in [9.17, 15) is 18.0 Å². The minimum atomic E-state index is -4.36. The fourth-order valence-corrected chi connectivity index (χ4v) is 3.44. The van der Waals surface area contributed by atoms with Gasteiger partial charge in [0.05, 0.1) is 16.3 Å². The second-order valence-electron chi connectivity index (χ2n) is 6.83. The van der Waals surface area contributed by atoms with Crippen molar-refractivity contribution in [2.75, 3.05) is 0 Å². The Labute approximate surface area is 216 Å². The third-order valence-electron chi connectivity index (χ3n) is 4.26. The summed E-state index contributed by atoms with van der Waals surface area (Å²) in [6, 6.07) is 15.4. The maximum Gasteiger partial charge on any atom is 0.416 e. The van der Waals surface area contributed by atoms with Crippen LogP contribution in [-0.2, 0) is 4.79 Å². The fourth-order valence-electron chi connectivity index (χ4n) is 2.80. The lowest BCUT2D eigenvalue weighted by Gasteiger charge is -2.09. The first-order valence-electron chi connectivity index (χ1n) is 10.2. The number of carbonyl (C=O) groups is 1. The van der Waals surface area contributed by atoms with Gasteiger partial charge in [0.1, 0.15) is 5.82 Å². The summed E-state index contributed by atoms with van der Waals surface area (Å²) in [7, 11) is 0. The van der Waals surface area contributed by atoms with Gasteiger partial charge in [-0.25, -0.2) is 4.98 Å². The van der Waals surface area contributed by atoms with Crippen LogP contribution in [0, 0.1) is 6.92 Å². The first-order valence-corrected chi connectivity index (χ1v) is 11.8. The van der Waals surface area contributed by atoms with E-state index in [1.807, 2.05) is 66.2 Å². The Morgan fingerprint density at radius 1 is 1.11 bits per heavy atom. The van der Waals surface area contributed by atoms with E-state index in [2.05, 4.69) is 9.71 Å². The summed E-state index contributed by atoms with van der Waals surface area (Å²) in [6.07, 6.45) is 2.49. The average Bonchev–Trinajstić information content (AvgIpc) is 3.20. The molecule has 0 bridgehead atoms. The molecule has 0 aliphatic rings. The van der Waals surface area contributed by atoms with E-state index in [0.29, 0.717) is 16.5 Å². The molecule has 10 heteroatoms. The van der Waals surface area contributed by atoms with Gasteiger partial charge < -0.3 is 0 Å². The molecule has 184 valence electrons. The molecule has 0 radical (unpaired) electrons. The van der Waals surface area contributed by atoms with Crippen molar-refractivity contribution in [1.82, 2.24) is 14.3 Å². The Hall–Kier alpha value is -2.94. The standard InChI is InChI=1S/C16H12Cl2N2.C9H10F3NOS/c1-11-10-20(13-8-6-12(17)7-9-13)16(19-11)14-4-2-3-5-15(14)18;1-2-4-8(9(10,11)12)5-3-6-15-13-7-14/h2-10H,1H3;2-7H,1H3,(H,13,14)/b;4-2-,6-3+,8-5+. The van der Waals surface area contributed by atoms with Gasteiger partial charge in [0.2, 0.25) is 6.41 Å². The van der Waals surface area contributed by atoms with Gasteiger partial charge in [0, 0.05) is 22.5 Å². The molecule has 0 fully saturated rings. The van der Waals surface area contributed by atoms with Crippen molar-refractivity contribution in [2.45, 2.75) is 20.0 Å². The van der Waals surface area contributed by atoms with E-state index in [4.69, 9.17) is 23.2 Å². The summed E-state index contributed by atoms with van der Waals surface area (Å²) in [5.41, 5.74) is 2.12. The number of amides is 1. The molecule has 2 aromatic carbocycles. The summed E-state index contributed by atoms with van der Waals surface area (Å²) >= 11 is 13.1. The maximum atomic E-state index is 12.3. The summed E-state index contributed by atoms with van der Waals surface area (Å²) < 4.78 is 41.0. The Kier molecular flexibility index (Phi) is 11.2.